The molecule has 1 saturated carbocycles. The normalized spacial score (nSPS) is 20.2. The minimum absolute atomic E-state index is 0.255. The largest absolute Gasteiger partial charge is 0.388 e. The van der Waals surface area contributed by atoms with Crippen molar-refractivity contribution in [2.75, 3.05) is 7.11 Å². The molecule has 1 atom stereocenters. The summed E-state index contributed by atoms with van der Waals surface area (Å²) in [5.41, 5.74) is 0.0492. The summed E-state index contributed by atoms with van der Waals surface area (Å²) < 4.78 is 18.8. The summed E-state index contributed by atoms with van der Waals surface area (Å²) in [6.07, 6.45) is 5.23. The van der Waals surface area contributed by atoms with Crippen LogP contribution in [-0.4, -0.2) is 22.8 Å². The Kier molecular flexibility index (Phi) is 3.21. The molecule has 1 fully saturated rings. The molecule has 4 heteroatoms. The standard InChI is InChI=1S/C12H16FNO2/c1-16-12(4-2-5-12)7-11(15)9-3-6-14-8-10(9)13/h3,6,8,11,15H,2,4-5,7H2,1H3. The van der Waals surface area contributed by atoms with Gasteiger partial charge in [-0.2, -0.15) is 0 Å². The van der Waals surface area contributed by atoms with Gasteiger partial charge in [0.05, 0.1) is 17.9 Å². The first-order chi connectivity index (χ1) is 7.67. The maximum Gasteiger partial charge on any atom is 0.147 e. The van der Waals surface area contributed by atoms with Crippen molar-refractivity contribution in [3.8, 4) is 0 Å². The van der Waals surface area contributed by atoms with Crippen LogP contribution in [0.25, 0.3) is 0 Å². The van der Waals surface area contributed by atoms with Gasteiger partial charge in [0.1, 0.15) is 5.82 Å². The highest BCUT2D eigenvalue weighted by molar-refractivity contribution is 5.16. The number of pyridine rings is 1. The lowest BCUT2D eigenvalue weighted by Gasteiger charge is -2.41. The Labute approximate surface area is 94.3 Å². The van der Waals surface area contributed by atoms with E-state index in [0.717, 1.165) is 25.5 Å². The molecule has 1 aliphatic rings. The molecule has 0 saturated heterocycles. The molecule has 1 heterocycles. The Morgan fingerprint density at radius 1 is 1.62 bits per heavy atom. The molecule has 1 aromatic rings. The average molecular weight is 225 g/mol. The van der Waals surface area contributed by atoms with E-state index in [4.69, 9.17) is 4.74 Å². The van der Waals surface area contributed by atoms with E-state index in [1.807, 2.05) is 0 Å². The molecular weight excluding hydrogens is 209 g/mol. The predicted molar refractivity (Wildman–Crippen MR) is 57.4 cm³/mol. The zero-order valence-corrected chi connectivity index (χ0v) is 9.32. The molecule has 88 valence electrons. The van der Waals surface area contributed by atoms with Crippen LogP contribution in [0.3, 0.4) is 0 Å². The van der Waals surface area contributed by atoms with Crippen LogP contribution in [0.5, 0.6) is 0 Å². The number of hydrogen-bond donors (Lipinski definition) is 1. The lowest BCUT2D eigenvalue weighted by atomic mass is 9.75. The molecule has 0 aliphatic heterocycles. The van der Waals surface area contributed by atoms with Gasteiger partial charge in [-0.15, -0.1) is 0 Å². The van der Waals surface area contributed by atoms with Crippen LogP contribution in [0.2, 0.25) is 0 Å². The lowest BCUT2D eigenvalue weighted by Crippen LogP contribution is -2.40. The molecule has 1 aliphatic carbocycles. The van der Waals surface area contributed by atoms with Crippen LogP contribution >= 0.6 is 0 Å². The average Bonchev–Trinajstić information content (AvgIpc) is 2.24. The molecule has 1 unspecified atom stereocenters. The summed E-state index contributed by atoms with van der Waals surface area (Å²) in [5, 5.41) is 9.99. The highest BCUT2D eigenvalue weighted by Gasteiger charge is 2.39. The summed E-state index contributed by atoms with van der Waals surface area (Å²) in [7, 11) is 1.65. The third kappa shape index (κ3) is 2.08. The van der Waals surface area contributed by atoms with Gasteiger partial charge in [0, 0.05) is 25.3 Å². The van der Waals surface area contributed by atoms with Crippen molar-refractivity contribution in [3.63, 3.8) is 0 Å². The van der Waals surface area contributed by atoms with Crippen LogP contribution < -0.4 is 0 Å². The van der Waals surface area contributed by atoms with Crippen molar-refractivity contribution in [3.05, 3.63) is 29.8 Å². The first-order valence-corrected chi connectivity index (χ1v) is 5.49. The van der Waals surface area contributed by atoms with E-state index < -0.39 is 11.9 Å². The van der Waals surface area contributed by atoms with Gasteiger partial charge in [-0.05, 0) is 25.3 Å². The second-order valence-electron chi connectivity index (χ2n) is 4.36. The maximum absolute atomic E-state index is 13.4. The van der Waals surface area contributed by atoms with Gasteiger partial charge < -0.3 is 9.84 Å². The van der Waals surface area contributed by atoms with Crippen LogP contribution in [0.4, 0.5) is 4.39 Å². The number of aromatic nitrogens is 1. The van der Waals surface area contributed by atoms with Crippen LogP contribution in [0, 0.1) is 5.82 Å². The number of nitrogens with zero attached hydrogens (tertiary/aromatic N) is 1. The van der Waals surface area contributed by atoms with Gasteiger partial charge in [-0.25, -0.2) is 4.39 Å². The number of hydrogen-bond acceptors (Lipinski definition) is 3. The number of halogens is 1. The van der Waals surface area contributed by atoms with Crippen LogP contribution in [-0.2, 0) is 4.74 Å². The summed E-state index contributed by atoms with van der Waals surface area (Å²) in [6, 6.07) is 1.52. The molecule has 0 aromatic carbocycles. The highest BCUT2D eigenvalue weighted by Crippen LogP contribution is 2.41. The molecule has 1 aromatic heterocycles. The van der Waals surface area contributed by atoms with Crippen molar-refractivity contribution in [2.45, 2.75) is 37.4 Å². The van der Waals surface area contributed by atoms with Crippen molar-refractivity contribution in [1.29, 1.82) is 0 Å². The number of methoxy groups -OCH3 is 1. The van der Waals surface area contributed by atoms with E-state index in [1.165, 1.54) is 12.3 Å². The third-order valence-corrected chi connectivity index (χ3v) is 3.43. The number of rotatable bonds is 4. The Morgan fingerprint density at radius 2 is 2.38 bits per heavy atom. The van der Waals surface area contributed by atoms with E-state index in [2.05, 4.69) is 4.98 Å². The molecule has 0 bridgehead atoms. The Bertz CT molecular complexity index is 360. The van der Waals surface area contributed by atoms with Gasteiger partial charge in [0.15, 0.2) is 0 Å². The lowest BCUT2D eigenvalue weighted by molar-refractivity contribution is -0.100. The topological polar surface area (TPSA) is 42.4 Å². The first kappa shape index (κ1) is 11.5. The minimum atomic E-state index is -0.816. The van der Waals surface area contributed by atoms with Gasteiger partial charge in [0.25, 0.3) is 0 Å². The maximum atomic E-state index is 13.4. The van der Waals surface area contributed by atoms with E-state index in [9.17, 15) is 9.50 Å². The van der Waals surface area contributed by atoms with Gasteiger partial charge in [0.2, 0.25) is 0 Å². The van der Waals surface area contributed by atoms with Crippen molar-refractivity contribution in [1.82, 2.24) is 4.98 Å². The molecule has 16 heavy (non-hydrogen) atoms. The quantitative estimate of drug-likeness (QED) is 0.854. The van der Waals surface area contributed by atoms with E-state index in [0.29, 0.717) is 12.0 Å². The van der Waals surface area contributed by atoms with Crippen molar-refractivity contribution in [2.24, 2.45) is 0 Å². The zero-order valence-electron chi connectivity index (χ0n) is 9.32. The van der Waals surface area contributed by atoms with Crippen molar-refractivity contribution >= 4 is 0 Å². The molecule has 3 nitrogen and oxygen atoms in total. The van der Waals surface area contributed by atoms with Gasteiger partial charge in [-0.1, -0.05) is 0 Å². The second kappa shape index (κ2) is 4.47. The molecule has 0 amide bonds. The van der Waals surface area contributed by atoms with Gasteiger partial charge in [-0.3, -0.25) is 4.98 Å². The summed E-state index contributed by atoms with van der Waals surface area (Å²) in [4.78, 5) is 3.66. The fraction of sp³-hybridized carbons (Fsp3) is 0.583. The minimum Gasteiger partial charge on any atom is -0.388 e. The Balaban J connectivity index is 2.08. The predicted octanol–water partition coefficient (Wildman–Crippen LogP) is 2.21. The number of aliphatic hydroxyl groups excluding tert-OH is 1. The molecule has 0 spiro atoms. The fourth-order valence-electron chi connectivity index (χ4n) is 2.18. The van der Waals surface area contributed by atoms with E-state index in [1.54, 1.807) is 7.11 Å². The Hall–Kier alpha value is -1.00. The Morgan fingerprint density at radius 3 is 2.88 bits per heavy atom. The summed E-state index contributed by atoms with van der Waals surface area (Å²) in [6.45, 7) is 0. The SMILES string of the molecule is COC1(CC(O)c2ccncc2F)CCC1. The summed E-state index contributed by atoms with van der Waals surface area (Å²) in [5.74, 6) is -0.458. The molecule has 1 N–H and O–H groups in total. The second-order valence-corrected chi connectivity index (χ2v) is 4.36. The monoisotopic (exact) mass is 225 g/mol. The number of ether oxygens (including phenoxy) is 1. The summed E-state index contributed by atoms with van der Waals surface area (Å²) >= 11 is 0. The molecular formula is C12H16FNO2. The number of aliphatic hydroxyl groups is 1. The van der Waals surface area contributed by atoms with Crippen molar-refractivity contribution < 1.29 is 14.2 Å². The van der Waals surface area contributed by atoms with E-state index in [-0.39, 0.29) is 5.60 Å². The first-order valence-electron chi connectivity index (χ1n) is 5.49. The zero-order chi connectivity index (χ0) is 11.6. The third-order valence-electron chi connectivity index (χ3n) is 3.43. The van der Waals surface area contributed by atoms with Crippen LogP contribution in [0.1, 0.15) is 37.4 Å². The molecule has 2 rings (SSSR count). The highest BCUT2D eigenvalue weighted by atomic mass is 19.1. The van der Waals surface area contributed by atoms with Gasteiger partial charge >= 0.3 is 0 Å². The van der Waals surface area contributed by atoms with Crippen LogP contribution in [0.15, 0.2) is 18.5 Å². The smallest absolute Gasteiger partial charge is 0.147 e. The van der Waals surface area contributed by atoms with E-state index >= 15 is 0 Å². The fourth-order valence-corrected chi connectivity index (χ4v) is 2.18. The molecule has 0 radical (unpaired) electrons.